The smallest absolute Gasteiger partial charge is 0.136 e. The molecule has 0 saturated heterocycles. The van der Waals surface area contributed by atoms with Gasteiger partial charge in [0.25, 0.3) is 0 Å². The zero-order chi connectivity index (χ0) is 30.5. The quantitative estimate of drug-likeness (QED) is 0.200. The van der Waals surface area contributed by atoms with Crippen molar-refractivity contribution in [2.24, 2.45) is 0 Å². The molecule has 3 heteroatoms. The molecule has 0 bridgehead atoms. The normalized spacial score (nSPS) is 11.5. The zero-order valence-corrected chi connectivity index (χ0v) is 25.0. The highest BCUT2D eigenvalue weighted by atomic mass is 16.3. The third kappa shape index (κ3) is 4.49. The first-order valence-electron chi connectivity index (χ1n) is 15.5. The summed E-state index contributed by atoms with van der Waals surface area (Å²) in [6.07, 6.45) is 3.76. The fourth-order valence-corrected chi connectivity index (χ4v) is 6.64. The molecule has 0 atom stereocenters. The second-order valence-corrected chi connectivity index (χ2v) is 11.7. The van der Waals surface area contributed by atoms with Crippen molar-refractivity contribution in [3.63, 3.8) is 0 Å². The van der Waals surface area contributed by atoms with Crippen LogP contribution in [0.25, 0.3) is 65.7 Å². The number of nitrogens with zero attached hydrogens (tertiary/aromatic N) is 2. The van der Waals surface area contributed by atoms with Gasteiger partial charge >= 0.3 is 0 Å². The van der Waals surface area contributed by atoms with Gasteiger partial charge in [-0.1, -0.05) is 91.0 Å². The number of hydrogen-bond acceptors (Lipinski definition) is 3. The fourth-order valence-electron chi connectivity index (χ4n) is 6.64. The Kier molecular flexibility index (Phi) is 6.14. The molecule has 3 nitrogen and oxygen atoms in total. The van der Waals surface area contributed by atoms with Crippen LogP contribution >= 0.6 is 0 Å². The van der Waals surface area contributed by atoms with Gasteiger partial charge in [0.05, 0.1) is 0 Å². The molecule has 216 valence electrons. The maximum absolute atomic E-state index is 6.35. The van der Waals surface area contributed by atoms with Crippen LogP contribution in [0, 0.1) is 0 Å². The van der Waals surface area contributed by atoms with Gasteiger partial charge in [0.2, 0.25) is 0 Å². The third-order valence-corrected chi connectivity index (χ3v) is 8.91. The van der Waals surface area contributed by atoms with Gasteiger partial charge in [0, 0.05) is 45.6 Å². The van der Waals surface area contributed by atoms with Crippen molar-refractivity contribution in [2.75, 3.05) is 4.90 Å². The van der Waals surface area contributed by atoms with Crippen molar-refractivity contribution in [1.29, 1.82) is 0 Å². The van der Waals surface area contributed by atoms with Crippen molar-refractivity contribution < 1.29 is 4.42 Å². The maximum Gasteiger partial charge on any atom is 0.136 e. The van der Waals surface area contributed by atoms with Gasteiger partial charge in [-0.15, -0.1) is 0 Å². The van der Waals surface area contributed by atoms with E-state index in [0.717, 1.165) is 49.8 Å². The van der Waals surface area contributed by atoms with Crippen molar-refractivity contribution in [3.05, 3.63) is 170 Å². The minimum Gasteiger partial charge on any atom is -0.456 e. The summed E-state index contributed by atoms with van der Waals surface area (Å²) in [7, 11) is 0. The number of furan rings is 1. The first-order chi connectivity index (χ1) is 22.8. The standard InChI is InChI=1S/C43H28N2O/c1-3-7-29(8-4-1)31-13-17-36(18-14-31)45(37-19-15-32-11-12-33(25-35(32)26-37)30-9-5-2-6-10-30)38-20-22-41-40(27-38)43-39-23-24-44-28-34(39)16-21-42(43)46-41/h1-28H. The van der Waals surface area contributed by atoms with E-state index >= 15 is 0 Å². The molecule has 2 heterocycles. The Balaban J connectivity index is 1.24. The summed E-state index contributed by atoms with van der Waals surface area (Å²) in [4.78, 5) is 6.69. The molecule has 0 spiro atoms. The second-order valence-electron chi connectivity index (χ2n) is 11.7. The first-order valence-corrected chi connectivity index (χ1v) is 15.5. The van der Waals surface area contributed by atoms with E-state index < -0.39 is 0 Å². The monoisotopic (exact) mass is 588 g/mol. The van der Waals surface area contributed by atoms with Crippen molar-refractivity contribution in [1.82, 2.24) is 4.98 Å². The molecule has 0 radical (unpaired) electrons. The third-order valence-electron chi connectivity index (χ3n) is 8.91. The number of pyridine rings is 1. The van der Waals surface area contributed by atoms with E-state index in [1.54, 1.807) is 0 Å². The molecule has 9 rings (SSSR count). The van der Waals surface area contributed by atoms with Crippen LogP contribution in [-0.2, 0) is 0 Å². The van der Waals surface area contributed by atoms with E-state index in [1.165, 1.54) is 33.0 Å². The van der Waals surface area contributed by atoms with E-state index in [2.05, 4.69) is 162 Å². The van der Waals surface area contributed by atoms with Crippen LogP contribution in [0.15, 0.2) is 175 Å². The summed E-state index contributed by atoms with van der Waals surface area (Å²) in [5, 5.41) is 6.84. The lowest BCUT2D eigenvalue weighted by molar-refractivity contribution is 0.669. The van der Waals surface area contributed by atoms with E-state index in [0.29, 0.717) is 0 Å². The zero-order valence-electron chi connectivity index (χ0n) is 25.0. The topological polar surface area (TPSA) is 29.3 Å². The largest absolute Gasteiger partial charge is 0.456 e. The fraction of sp³-hybridized carbons (Fsp3) is 0. The highest BCUT2D eigenvalue weighted by Crippen LogP contribution is 2.41. The number of benzene rings is 7. The van der Waals surface area contributed by atoms with Crippen LogP contribution in [0.4, 0.5) is 17.1 Å². The summed E-state index contributed by atoms with van der Waals surface area (Å²) < 4.78 is 6.35. The number of rotatable bonds is 5. The van der Waals surface area contributed by atoms with E-state index in [-0.39, 0.29) is 0 Å². The molecule has 46 heavy (non-hydrogen) atoms. The molecule has 0 saturated carbocycles. The molecule has 0 aliphatic carbocycles. The minimum absolute atomic E-state index is 0.869. The number of hydrogen-bond donors (Lipinski definition) is 0. The molecule has 7 aromatic carbocycles. The summed E-state index contributed by atoms with van der Waals surface area (Å²) in [6.45, 7) is 0. The van der Waals surface area contributed by atoms with Crippen molar-refractivity contribution in [3.8, 4) is 22.3 Å². The summed E-state index contributed by atoms with van der Waals surface area (Å²) >= 11 is 0. The Labute approximate surface area is 266 Å². The first kappa shape index (κ1) is 26.2. The Morgan fingerprint density at radius 2 is 1.02 bits per heavy atom. The summed E-state index contributed by atoms with van der Waals surface area (Å²) in [5.74, 6) is 0. The number of aromatic nitrogens is 1. The molecule has 0 unspecified atom stereocenters. The Morgan fingerprint density at radius 1 is 0.413 bits per heavy atom. The van der Waals surface area contributed by atoms with Crippen LogP contribution in [0.3, 0.4) is 0 Å². The molecule has 0 amide bonds. The summed E-state index contributed by atoms with van der Waals surface area (Å²) in [6, 6.07) is 56.1. The summed E-state index contributed by atoms with van der Waals surface area (Å²) in [5.41, 5.74) is 9.79. The van der Waals surface area contributed by atoms with Crippen LogP contribution in [0.2, 0.25) is 0 Å². The molecule has 0 N–H and O–H groups in total. The molecule has 2 aromatic heterocycles. The molecule has 9 aromatic rings. The lowest BCUT2D eigenvalue weighted by Crippen LogP contribution is -2.09. The molecular formula is C43H28N2O. The average molecular weight is 589 g/mol. The van der Waals surface area contributed by atoms with Gasteiger partial charge in [0.1, 0.15) is 11.2 Å². The van der Waals surface area contributed by atoms with Crippen molar-refractivity contribution >= 4 is 60.5 Å². The molecule has 0 fully saturated rings. The van der Waals surface area contributed by atoms with Crippen LogP contribution < -0.4 is 4.90 Å². The highest BCUT2D eigenvalue weighted by Gasteiger charge is 2.17. The Morgan fingerprint density at radius 3 is 1.83 bits per heavy atom. The molecular weight excluding hydrogens is 560 g/mol. The van der Waals surface area contributed by atoms with E-state index in [4.69, 9.17) is 4.42 Å². The second kappa shape index (κ2) is 10.8. The highest BCUT2D eigenvalue weighted by molar-refractivity contribution is 6.19. The van der Waals surface area contributed by atoms with Gasteiger partial charge in [-0.2, -0.15) is 0 Å². The number of fused-ring (bicyclic) bond motifs is 6. The lowest BCUT2D eigenvalue weighted by Gasteiger charge is -2.26. The van der Waals surface area contributed by atoms with Crippen LogP contribution in [-0.4, -0.2) is 4.98 Å². The molecule has 0 aliphatic heterocycles. The predicted molar refractivity (Wildman–Crippen MR) is 192 cm³/mol. The van der Waals surface area contributed by atoms with Crippen molar-refractivity contribution in [2.45, 2.75) is 0 Å². The Bertz CT molecular complexity index is 2520. The van der Waals surface area contributed by atoms with Gasteiger partial charge in [-0.05, 0) is 105 Å². The predicted octanol–water partition coefficient (Wildman–Crippen LogP) is 12.1. The van der Waals surface area contributed by atoms with Gasteiger partial charge in [0.15, 0.2) is 0 Å². The number of anilines is 3. The van der Waals surface area contributed by atoms with Crippen LogP contribution in [0.5, 0.6) is 0 Å². The minimum atomic E-state index is 0.869. The average Bonchev–Trinajstić information content (AvgIpc) is 3.51. The van der Waals surface area contributed by atoms with E-state index in [1.807, 2.05) is 18.5 Å². The van der Waals surface area contributed by atoms with E-state index in [9.17, 15) is 0 Å². The molecule has 0 aliphatic rings. The van der Waals surface area contributed by atoms with Gasteiger partial charge in [-0.3, -0.25) is 4.98 Å². The van der Waals surface area contributed by atoms with Gasteiger partial charge < -0.3 is 9.32 Å². The lowest BCUT2D eigenvalue weighted by atomic mass is 10.00. The Hall–Kier alpha value is -6.19. The maximum atomic E-state index is 6.35. The van der Waals surface area contributed by atoms with Crippen LogP contribution in [0.1, 0.15) is 0 Å². The SMILES string of the molecule is c1ccc(-c2ccc(N(c3ccc4ccc(-c5ccccc5)cc4c3)c3ccc4oc5ccc6cnccc6c5c4c3)cc2)cc1. The van der Waals surface area contributed by atoms with Gasteiger partial charge in [-0.25, -0.2) is 0 Å².